The SMILES string of the molecule is CCCCCOc1ccc(C(=O)NC2CCCC2CN)cc1.Cl. The highest BCUT2D eigenvalue weighted by atomic mass is 35.5. The van der Waals surface area contributed by atoms with Crippen LogP contribution in [-0.4, -0.2) is 25.1 Å². The van der Waals surface area contributed by atoms with E-state index < -0.39 is 0 Å². The summed E-state index contributed by atoms with van der Waals surface area (Å²) in [5.74, 6) is 1.24. The smallest absolute Gasteiger partial charge is 0.251 e. The summed E-state index contributed by atoms with van der Waals surface area (Å²) in [7, 11) is 0. The summed E-state index contributed by atoms with van der Waals surface area (Å²) in [4.78, 5) is 12.3. The normalized spacial score (nSPS) is 19.9. The number of nitrogens with two attached hydrogens (primary N) is 1. The second-order valence-electron chi connectivity index (χ2n) is 6.09. The molecular formula is C18H29ClN2O2. The van der Waals surface area contributed by atoms with Crippen molar-refractivity contribution in [1.29, 1.82) is 0 Å². The van der Waals surface area contributed by atoms with Crippen LogP contribution in [0.25, 0.3) is 0 Å². The lowest BCUT2D eigenvalue weighted by Gasteiger charge is -2.19. The topological polar surface area (TPSA) is 64.3 Å². The third-order valence-corrected chi connectivity index (χ3v) is 4.41. The molecule has 1 aliphatic rings. The van der Waals surface area contributed by atoms with Crippen molar-refractivity contribution >= 4 is 18.3 Å². The zero-order chi connectivity index (χ0) is 15.8. The number of amides is 1. The number of unbranched alkanes of at least 4 members (excludes halogenated alkanes) is 2. The fourth-order valence-electron chi connectivity index (χ4n) is 3.01. The molecule has 23 heavy (non-hydrogen) atoms. The standard InChI is InChI=1S/C18H28N2O2.ClH/c1-2-3-4-12-22-16-10-8-14(9-11-16)18(21)20-17-7-5-6-15(17)13-19;/h8-11,15,17H,2-7,12-13,19H2,1H3,(H,20,21);1H. The van der Waals surface area contributed by atoms with Crippen molar-refractivity contribution in [2.45, 2.75) is 51.5 Å². The number of benzene rings is 1. The number of carbonyl (C=O) groups is 1. The molecule has 0 saturated heterocycles. The second-order valence-corrected chi connectivity index (χ2v) is 6.09. The van der Waals surface area contributed by atoms with Crippen LogP contribution in [0.1, 0.15) is 55.8 Å². The van der Waals surface area contributed by atoms with Gasteiger partial charge in [0.15, 0.2) is 0 Å². The molecule has 130 valence electrons. The third kappa shape index (κ3) is 6.04. The van der Waals surface area contributed by atoms with E-state index in [2.05, 4.69) is 12.2 Å². The molecule has 1 fully saturated rings. The van der Waals surface area contributed by atoms with Gasteiger partial charge in [0, 0.05) is 11.6 Å². The third-order valence-electron chi connectivity index (χ3n) is 4.41. The summed E-state index contributed by atoms with van der Waals surface area (Å²) >= 11 is 0. The molecule has 5 heteroatoms. The average Bonchev–Trinajstić information content (AvgIpc) is 2.99. The number of hydrogen-bond donors (Lipinski definition) is 2. The number of nitrogens with one attached hydrogen (secondary N) is 1. The van der Waals surface area contributed by atoms with Gasteiger partial charge in [0.25, 0.3) is 5.91 Å². The van der Waals surface area contributed by atoms with Crippen LogP contribution in [0.2, 0.25) is 0 Å². The molecule has 4 nitrogen and oxygen atoms in total. The molecule has 0 spiro atoms. The molecule has 0 heterocycles. The summed E-state index contributed by atoms with van der Waals surface area (Å²) in [6, 6.07) is 7.63. The van der Waals surface area contributed by atoms with Crippen molar-refractivity contribution in [2.24, 2.45) is 11.7 Å². The highest BCUT2D eigenvalue weighted by Gasteiger charge is 2.27. The minimum atomic E-state index is -0.0112. The molecule has 0 bridgehead atoms. The van der Waals surface area contributed by atoms with Crippen LogP contribution in [0.5, 0.6) is 5.75 Å². The molecule has 0 aromatic heterocycles. The first-order chi connectivity index (χ1) is 10.7. The van der Waals surface area contributed by atoms with E-state index in [1.54, 1.807) is 0 Å². The van der Waals surface area contributed by atoms with Crippen molar-refractivity contribution in [3.63, 3.8) is 0 Å². The van der Waals surface area contributed by atoms with Crippen LogP contribution in [0.15, 0.2) is 24.3 Å². The van der Waals surface area contributed by atoms with Crippen LogP contribution in [-0.2, 0) is 0 Å². The molecule has 2 atom stereocenters. The Bertz CT molecular complexity index is 465. The Balaban J connectivity index is 0.00000264. The molecule has 1 aliphatic carbocycles. The Morgan fingerprint density at radius 1 is 1.26 bits per heavy atom. The molecule has 2 unspecified atom stereocenters. The summed E-state index contributed by atoms with van der Waals surface area (Å²) in [6.07, 6.45) is 6.74. The van der Waals surface area contributed by atoms with E-state index in [1.807, 2.05) is 24.3 Å². The number of hydrogen-bond acceptors (Lipinski definition) is 3. The summed E-state index contributed by atoms with van der Waals surface area (Å²) < 4.78 is 5.66. The fourth-order valence-corrected chi connectivity index (χ4v) is 3.01. The van der Waals surface area contributed by atoms with E-state index in [-0.39, 0.29) is 24.4 Å². The Kier molecular flexibility index (Phi) is 9.03. The van der Waals surface area contributed by atoms with E-state index in [4.69, 9.17) is 10.5 Å². The minimum Gasteiger partial charge on any atom is -0.494 e. The maximum absolute atomic E-state index is 12.3. The van der Waals surface area contributed by atoms with Crippen molar-refractivity contribution in [3.05, 3.63) is 29.8 Å². The minimum absolute atomic E-state index is 0. The summed E-state index contributed by atoms with van der Waals surface area (Å²) in [5.41, 5.74) is 6.44. The lowest BCUT2D eigenvalue weighted by Crippen LogP contribution is -2.39. The maximum Gasteiger partial charge on any atom is 0.251 e. The number of carbonyl (C=O) groups excluding carboxylic acids is 1. The van der Waals surface area contributed by atoms with Gasteiger partial charge in [-0.2, -0.15) is 0 Å². The van der Waals surface area contributed by atoms with Gasteiger partial charge < -0.3 is 15.8 Å². The highest BCUT2D eigenvalue weighted by molar-refractivity contribution is 5.94. The van der Waals surface area contributed by atoms with Gasteiger partial charge in [-0.25, -0.2) is 0 Å². The number of ether oxygens (including phenoxy) is 1. The summed E-state index contributed by atoms with van der Waals surface area (Å²) in [5, 5.41) is 3.12. The molecule has 1 amide bonds. The van der Waals surface area contributed by atoms with E-state index in [9.17, 15) is 4.79 Å². The number of halogens is 1. The lowest BCUT2D eigenvalue weighted by atomic mass is 10.0. The largest absolute Gasteiger partial charge is 0.494 e. The van der Waals surface area contributed by atoms with Crippen LogP contribution < -0.4 is 15.8 Å². The first-order valence-electron chi connectivity index (χ1n) is 8.48. The monoisotopic (exact) mass is 340 g/mol. The van der Waals surface area contributed by atoms with Gasteiger partial charge in [0.05, 0.1) is 6.61 Å². The quantitative estimate of drug-likeness (QED) is 0.711. The van der Waals surface area contributed by atoms with Crippen molar-refractivity contribution in [2.75, 3.05) is 13.2 Å². The molecule has 0 radical (unpaired) electrons. The maximum atomic E-state index is 12.3. The van der Waals surface area contributed by atoms with Crippen molar-refractivity contribution in [1.82, 2.24) is 5.32 Å². The highest BCUT2D eigenvalue weighted by Crippen LogP contribution is 2.25. The first kappa shape index (κ1) is 19.8. The van der Waals surface area contributed by atoms with E-state index in [0.717, 1.165) is 38.0 Å². The van der Waals surface area contributed by atoms with Crippen molar-refractivity contribution in [3.8, 4) is 5.75 Å². The molecule has 1 aromatic carbocycles. The van der Waals surface area contributed by atoms with Gasteiger partial charge >= 0.3 is 0 Å². The molecular weight excluding hydrogens is 312 g/mol. The number of rotatable bonds is 8. The van der Waals surface area contributed by atoms with Crippen LogP contribution >= 0.6 is 12.4 Å². The van der Waals surface area contributed by atoms with Gasteiger partial charge in [0.2, 0.25) is 0 Å². The molecule has 0 aliphatic heterocycles. The molecule has 3 N–H and O–H groups in total. The van der Waals surface area contributed by atoms with E-state index in [1.165, 1.54) is 12.8 Å². The lowest BCUT2D eigenvalue weighted by molar-refractivity contribution is 0.0928. The zero-order valence-electron chi connectivity index (χ0n) is 13.9. The van der Waals surface area contributed by atoms with Crippen LogP contribution in [0, 0.1) is 5.92 Å². The molecule has 1 saturated carbocycles. The predicted octanol–water partition coefficient (Wildman–Crippen LogP) is 3.53. The van der Waals surface area contributed by atoms with Gasteiger partial charge in [-0.15, -0.1) is 12.4 Å². The van der Waals surface area contributed by atoms with Gasteiger partial charge in [-0.05, 0) is 56.0 Å². The van der Waals surface area contributed by atoms with E-state index in [0.29, 0.717) is 18.0 Å². The zero-order valence-corrected chi connectivity index (χ0v) is 14.7. The van der Waals surface area contributed by atoms with Gasteiger partial charge in [0.1, 0.15) is 5.75 Å². The van der Waals surface area contributed by atoms with E-state index >= 15 is 0 Å². The van der Waals surface area contributed by atoms with Crippen molar-refractivity contribution < 1.29 is 9.53 Å². The Hall–Kier alpha value is -1.26. The first-order valence-corrected chi connectivity index (χ1v) is 8.48. The second kappa shape index (κ2) is 10.5. The molecule has 1 aromatic rings. The Labute approximate surface area is 145 Å². The molecule has 2 rings (SSSR count). The summed E-state index contributed by atoms with van der Waals surface area (Å²) in [6.45, 7) is 3.56. The van der Waals surface area contributed by atoms with Crippen LogP contribution in [0.4, 0.5) is 0 Å². The van der Waals surface area contributed by atoms with Gasteiger partial charge in [-0.3, -0.25) is 4.79 Å². The fraction of sp³-hybridized carbons (Fsp3) is 0.611. The Morgan fingerprint density at radius 2 is 2.00 bits per heavy atom. The predicted molar refractivity (Wildman–Crippen MR) is 96.4 cm³/mol. The average molecular weight is 341 g/mol. The Morgan fingerprint density at radius 3 is 2.65 bits per heavy atom. The van der Waals surface area contributed by atoms with Crippen LogP contribution in [0.3, 0.4) is 0 Å². The van der Waals surface area contributed by atoms with Gasteiger partial charge in [-0.1, -0.05) is 26.2 Å².